The first-order valence-electron chi connectivity index (χ1n) is 11.8. The van der Waals surface area contributed by atoms with Gasteiger partial charge in [0.15, 0.2) is 0 Å². The summed E-state index contributed by atoms with van der Waals surface area (Å²) in [4.78, 5) is 32.0. The summed E-state index contributed by atoms with van der Waals surface area (Å²) in [5.41, 5.74) is 0.827. The number of hydrogen-bond acceptors (Lipinski definition) is 5. The monoisotopic (exact) mass is 428 g/mol. The summed E-state index contributed by atoms with van der Waals surface area (Å²) < 4.78 is 5.55. The Balaban J connectivity index is 1.24. The third-order valence-corrected chi connectivity index (χ3v) is 7.13. The SMILES string of the molecule is O=C(CN1CCN(C(=O)c2ccccc2)CC1)NCC1(N2CCOCC2)CCCCC1. The molecule has 31 heavy (non-hydrogen) atoms. The quantitative estimate of drug-likeness (QED) is 0.746. The van der Waals surface area contributed by atoms with Crippen LogP contribution in [0.25, 0.3) is 0 Å². The van der Waals surface area contributed by atoms with E-state index in [0.717, 1.165) is 64.3 Å². The molecule has 1 aromatic rings. The molecule has 2 amide bonds. The van der Waals surface area contributed by atoms with E-state index < -0.39 is 0 Å². The van der Waals surface area contributed by atoms with Crippen molar-refractivity contribution in [1.82, 2.24) is 20.0 Å². The molecule has 1 N–H and O–H groups in total. The topological polar surface area (TPSA) is 65.1 Å². The third-order valence-electron chi connectivity index (χ3n) is 7.13. The maximum Gasteiger partial charge on any atom is 0.253 e. The van der Waals surface area contributed by atoms with E-state index in [1.54, 1.807) is 0 Å². The molecule has 4 rings (SSSR count). The molecule has 0 radical (unpaired) electrons. The van der Waals surface area contributed by atoms with Crippen LogP contribution >= 0.6 is 0 Å². The lowest BCUT2D eigenvalue weighted by Gasteiger charge is -2.48. The zero-order chi connectivity index (χ0) is 21.5. The highest BCUT2D eigenvalue weighted by molar-refractivity contribution is 5.94. The lowest BCUT2D eigenvalue weighted by atomic mass is 9.79. The Morgan fingerprint density at radius 3 is 2.26 bits per heavy atom. The molecule has 1 saturated carbocycles. The van der Waals surface area contributed by atoms with Crippen LogP contribution in [0.5, 0.6) is 0 Å². The molecule has 0 aromatic heterocycles. The molecular weight excluding hydrogens is 392 g/mol. The number of benzene rings is 1. The molecule has 7 heteroatoms. The van der Waals surface area contributed by atoms with Gasteiger partial charge in [0, 0.05) is 56.9 Å². The number of nitrogens with zero attached hydrogens (tertiary/aromatic N) is 3. The molecule has 0 unspecified atom stereocenters. The predicted molar refractivity (Wildman–Crippen MR) is 120 cm³/mol. The summed E-state index contributed by atoms with van der Waals surface area (Å²) in [6.07, 6.45) is 6.10. The van der Waals surface area contributed by atoms with Crippen LogP contribution in [0, 0.1) is 0 Å². The Hall–Kier alpha value is -1.96. The minimum Gasteiger partial charge on any atom is -0.379 e. The maximum absolute atomic E-state index is 12.7. The van der Waals surface area contributed by atoms with Crippen LogP contribution in [0.4, 0.5) is 0 Å². The van der Waals surface area contributed by atoms with E-state index in [4.69, 9.17) is 4.74 Å². The van der Waals surface area contributed by atoms with Gasteiger partial charge in [-0.25, -0.2) is 0 Å². The number of rotatable bonds is 6. The Morgan fingerprint density at radius 1 is 0.903 bits per heavy atom. The Labute approximate surface area is 185 Å². The average molecular weight is 429 g/mol. The van der Waals surface area contributed by atoms with Crippen LogP contribution in [0.2, 0.25) is 0 Å². The maximum atomic E-state index is 12.7. The second-order valence-electron chi connectivity index (χ2n) is 9.10. The number of nitrogens with one attached hydrogen (secondary N) is 1. The van der Waals surface area contributed by atoms with Gasteiger partial charge in [0.1, 0.15) is 0 Å². The van der Waals surface area contributed by atoms with Crippen molar-refractivity contribution in [2.45, 2.75) is 37.6 Å². The van der Waals surface area contributed by atoms with Crippen molar-refractivity contribution in [2.24, 2.45) is 0 Å². The molecule has 170 valence electrons. The first kappa shape index (κ1) is 22.2. The van der Waals surface area contributed by atoms with Crippen LogP contribution in [0.15, 0.2) is 30.3 Å². The van der Waals surface area contributed by atoms with Crippen LogP contribution in [0.3, 0.4) is 0 Å². The fraction of sp³-hybridized carbons (Fsp3) is 0.667. The molecule has 3 aliphatic rings. The summed E-state index contributed by atoms with van der Waals surface area (Å²) in [5, 5.41) is 3.25. The predicted octanol–water partition coefficient (Wildman–Crippen LogP) is 1.60. The highest BCUT2D eigenvalue weighted by atomic mass is 16.5. The number of ether oxygens (including phenoxy) is 1. The largest absolute Gasteiger partial charge is 0.379 e. The van der Waals surface area contributed by atoms with E-state index in [-0.39, 0.29) is 17.4 Å². The van der Waals surface area contributed by atoms with Crippen molar-refractivity contribution in [2.75, 3.05) is 65.6 Å². The van der Waals surface area contributed by atoms with Crippen LogP contribution in [-0.2, 0) is 9.53 Å². The molecule has 0 spiro atoms. The summed E-state index contributed by atoms with van der Waals surface area (Å²) in [6, 6.07) is 9.42. The van der Waals surface area contributed by atoms with Crippen molar-refractivity contribution >= 4 is 11.8 Å². The minimum atomic E-state index is 0.0782. The van der Waals surface area contributed by atoms with E-state index in [1.807, 2.05) is 35.2 Å². The molecule has 1 aromatic carbocycles. The van der Waals surface area contributed by atoms with E-state index in [9.17, 15) is 9.59 Å². The minimum absolute atomic E-state index is 0.0782. The molecule has 0 atom stereocenters. The number of carbonyl (C=O) groups excluding carboxylic acids is 2. The van der Waals surface area contributed by atoms with E-state index in [0.29, 0.717) is 19.6 Å². The molecule has 3 fully saturated rings. The molecule has 2 heterocycles. The van der Waals surface area contributed by atoms with Gasteiger partial charge in [-0.05, 0) is 25.0 Å². The van der Waals surface area contributed by atoms with E-state index in [2.05, 4.69) is 15.1 Å². The van der Waals surface area contributed by atoms with Crippen molar-refractivity contribution in [3.8, 4) is 0 Å². The second kappa shape index (κ2) is 10.6. The molecule has 1 aliphatic carbocycles. The van der Waals surface area contributed by atoms with Gasteiger partial charge in [-0.15, -0.1) is 0 Å². The number of morpholine rings is 1. The molecular formula is C24H36N4O3. The fourth-order valence-corrected chi connectivity index (χ4v) is 5.25. The zero-order valence-corrected chi connectivity index (χ0v) is 18.6. The van der Waals surface area contributed by atoms with Gasteiger partial charge in [0.2, 0.25) is 5.91 Å². The van der Waals surface area contributed by atoms with Gasteiger partial charge in [-0.2, -0.15) is 0 Å². The molecule has 7 nitrogen and oxygen atoms in total. The number of hydrogen-bond donors (Lipinski definition) is 1. The fourth-order valence-electron chi connectivity index (χ4n) is 5.25. The lowest BCUT2D eigenvalue weighted by Crippen LogP contribution is -2.60. The molecule has 2 aliphatic heterocycles. The smallest absolute Gasteiger partial charge is 0.253 e. The van der Waals surface area contributed by atoms with E-state index in [1.165, 1.54) is 19.3 Å². The number of piperazine rings is 1. The number of carbonyl (C=O) groups is 2. The molecule has 0 bridgehead atoms. The summed E-state index contributed by atoms with van der Waals surface area (Å²) in [5.74, 6) is 0.176. The normalized spacial score (nSPS) is 22.8. The lowest BCUT2D eigenvalue weighted by molar-refractivity contribution is -0.123. The van der Waals surface area contributed by atoms with Crippen LogP contribution < -0.4 is 5.32 Å². The highest BCUT2D eigenvalue weighted by Gasteiger charge is 2.39. The Bertz CT molecular complexity index is 722. The Kier molecular flexibility index (Phi) is 7.58. The first-order valence-corrected chi connectivity index (χ1v) is 11.8. The summed E-state index contributed by atoms with van der Waals surface area (Å²) >= 11 is 0. The third kappa shape index (κ3) is 5.64. The molecule has 2 saturated heterocycles. The first-order chi connectivity index (χ1) is 15.2. The van der Waals surface area contributed by atoms with Crippen molar-refractivity contribution in [3.63, 3.8) is 0 Å². The number of amides is 2. The van der Waals surface area contributed by atoms with Gasteiger partial charge < -0.3 is 15.0 Å². The van der Waals surface area contributed by atoms with Gasteiger partial charge in [-0.1, -0.05) is 37.5 Å². The summed E-state index contributed by atoms with van der Waals surface area (Å²) in [7, 11) is 0. The van der Waals surface area contributed by atoms with Gasteiger partial charge in [0.25, 0.3) is 5.91 Å². The van der Waals surface area contributed by atoms with Crippen LogP contribution in [0.1, 0.15) is 42.5 Å². The second-order valence-corrected chi connectivity index (χ2v) is 9.10. The summed E-state index contributed by atoms with van der Waals surface area (Å²) in [6.45, 7) is 7.47. The van der Waals surface area contributed by atoms with Crippen molar-refractivity contribution in [3.05, 3.63) is 35.9 Å². The highest BCUT2D eigenvalue weighted by Crippen LogP contribution is 2.33. The zero-order valence-electron chi connectivity index (χ0n) is 18.6. The van der Waals surface area contributed by atoms with Crippen molar-refractivity contribution < 1.29 is 14.3 Å². The average Bonchev–Trinajstić information content (AvgIpc) is 2.84. The van der Waals surface area contributed by atoms with Gasteiger partial charge in [-0.3, -0.25) is 19.4 Å². The Morgan fingerprint density at radius 2 is 1.58 bits per heavy atom. The van der Waals surface area contributed by atoms with Crippen molar-refractivity contribution in [1.29, 1.82) is 0 Å². The standard InChI is InChI=1S/C24H36N4O3/c29-22(25-20-24(9-5-2-6-10-24)28-15-17-31-18-16-28)19-26-11-13-27(14-12-26)23(30)21-7-3-1-4-8-21/h1,3-4,7-8H,2,5-6,9-20H2,(H,25,29). The van der Waals surface area contributed by atoms with E-state index >= 15 is 0 Å². The van der Waals surface area contributed by atoms with Crippen LogP contribution in [-0.4, -0.2) is 97.6 Å². The van der Waals surface area contributed by atoms with Gasteiger partial charge >= 0.3 is 0 Å². The van der Waals surface area contributed by atoms with Gasteiger partial charge in [0.05, 0.1) is 19.8 Å².